The molecule has 1 atom stereocenters. The van der Waals surface area contributed by atoms with Gasteiger partial charge in [-0.1, -0.05) is 30.3 Å². The van der Waals surface area contributed by atoms with Crippen LogP contribution in [0, 0.1) is 17.0 Å². The zero-order chi connectivity index (χ0) is 16.3. The van der Waals surface area contributed by atoms with E-state index < -0.39 is 4.92 Å². The van der Waals surface area contributed by atoms with E-state index in [9.17, 15) is 14.9 Å². The third kappa shape index (κ3) is 3.51. The van der Waals surface area contributed by atoms with Crippen LogP contribution in [0.5, 0.6) is 0 Å². The molecular weight excluding hydrogens is 352 g/mol. The quantitative estimate of drug-likeness (QED) is 0.650. The molecule has 1 N–H and O–H groups in total. The molecule has 0 saturated carbocycles. The van der Waals surface area contributed by atoms with Crippen LogP contribution in [-0.4, -0.2) is 20.6 Å². The van der Waals surface area contributed by atoms with Crippen LogP contribution in [0.4, 0.5) is 5.82 Å². The monoisotopic (exact) mass is 366 g/mol. The fourth-order valence-corrected chi connectivity index (χ4v) is 2.46. The molecule has 116 valence electrons. The summed E-state index contributed by atoms with van der Waals surface area (Å²) in [6.07, 6.45) is 0. The number of nitrogens with zero attached hydrogens (tertiary/aromatic N) is 3. The van der Waals surface area contributed by atoms with E-state index >= 15 is 0 Å². The average molecular weight is 367 g/mol. The maximum Gasteiger partial charge on any atom is 0.404 e. The number of carbonyl (C=O) groups is 1. The first-order valence-electron chi connectivity index (χ1n) is 6.61. The standard InChI is InChI=1S/C14H15BrN4O3/c1-9(11-6-4-3-5-7-11)16-12(20)8-18-10(2)13(15)14(17-18)19(21)22/h3-7,9H,8H2,1-2H3,(H,16,20). The van der Waals surface area contributed by atoms with Crippen LogP contribution in [-0.2, 0) is 11.3 Å². The Morgan fingerprint density at radius 1 is 1.45 bits per heavy atom. The van der Waals surface area contributed by atoms with Crippen LogP contribution in [0.25, 0.3) is 0 Å². The van der Waals surface area contributed by atoms with Crippen molar-refractivity contribution in [3.8, 4) is 0 Å². The fraction of sp³-hybridized carbons (Fsp3) is 0.286. The molecule has 2 rings (SSSR count). The maximum atomic E-state index is 12.1. The Balaban J connectivity index is 2.07. The molecule has 0 spiro atoms. The number of benzene rings is 1. The van der Waals surface area contributed by atoms with Gasteiger partial charge in [-0.3, -0.25) is 4.79 Å². The number of amides is 1. The molecular formula is C14H15BrN4O3. The second-order valence-electron chi connectivity index (χ2n) is 4.84. The van der Waals surface area contributed by atoms with Crippen molar-refractivity contribution in [1.29, 1.82) is 0 Å². The van der Waals surface area contributed by atoms with Crippen molar-refractivity contribution < 1.29 is 9.72 Å². The van der Waals surface area contributed by atoms with E-state index in [1.165, 1.54) is 4.68 Å². The van der Waals surface area contributed by atoms with Crippen molar-refractivity contribution in [3.63, 3.8) is 0 Å². The molecule has 1 amide bonds. The predicted octanol–water partition coefficient (Wildman–Crippen LogP) is 2.74. The van der Waals surface area contributed by atoms with E-state index in [1.54, 1.807) is 6.92 Å². The summed E-state index contributed by atoms with van der Waals surface area (Å²) in [6.45, 7) is 3.47. The third-order valence-electron chi connectivity index (χ3n) is 3.26. The van der Waals surface area contributed by atoms with Gasteiger partial charge in [-0.15, -0.1) is 0 Å². The summed E-state index contributed by atoms with van der Waals surface area (Å²) in [5.74, 6) is -0.550. The summed E-state index contributed by atoms with van der Waals surface area (Å²) in [6, 6.07) is 9.40. The number of nitro groups is 1. The van der Waals surface area contributed by atoms with Gasteiger partial charge in [-0.05, 0) is 40.3 Å². The largest absolute Gasteiger partial charge is 0.404 e. The molecule has 1 aromatic heterocycles. The van der Waals surface area contributed by atoms with Crippen molar-refractivity contribution in [2.24, 2.45) is 0 Å². The number of hydrogen-bond acceptors (Lipinski definition) is 4. The first kappa shape index (κ1) is 16.2. The maximum absolute atomic E-state index is 12.1. The summed E-state index contributed by atoms with van der Waals surface area (Å²) in [5.41, 5.74) is 1.52. The van der Waals surface area contributed by atoms with Gasteiger partial charge in [0.2, 0.25) is 5.91 Å². The molecule has 7 nitrogen and oxygen atoms in total. The zero-order valence-corrected chi connectivity index (χ0v) is 13.7. The molecule has 0 radical (unpaired) electrons. The Morgan fingerprint density at radius 3 is 2.64 bits per heavy atom. The Hall–Kier alpha value is -2.22. The van der Waals surface area contributed by atoms with Gasteiger partial charge in [-0.25, -0.2) is 0 Å². The number of rotatable bonds is 5. The van der Waals surface area contributed by atoms with Crippen LogP contribution >= 0.6 is 15.9 Å². The van der Waals surface area contributed by atoms with Crippen LogP contribution < -0.4 is 5.32 Å². The average Bonchev–Trinajstić information content (AvgIpc) is 2.76. The summed E-state index contributed by atoms with van der Waals surface area (Å²) in [7, 11) is 0. The van der Waals surface area contributed by atoms with Gasteiger partial charge in [0, 0.05) is 0 Å². The lowest BCUT2D eigenvalue weighted by Crippen LogP contribution is -2.30. The summed E-state index contributed by atoms with van der Waals surface area (Å²) in [4.78, 5) is 22.3. The van der Waals surface area contributed by atoms with E-state index in [4.69, 9.17) is 0 Å². The SMILES string of the molecule is Cc1c(Br)c([N+](=O)[O-])nn1CC(=O)NC(C)c1ccccc1. The Bertz CT molecular complexity index is 700. The highest BCUT2D eigenvalue weighted by atomic mass is 79.9. The number of hydrogen-bond donors (Lipinski definition) is 1. The third-order valence-corrected chi connectivity index (χ3v) is 4.19. The lowest BCUT2D eigenvalue weighted by Gasteiger charge is -2.13. The lowest BCUT2D eigenvalue weighted by molar-refractivity contribution is -0.390. The molecule has 1 heterocycles. The molecule has 22 heavy (non-hydrogen) atoms. The summed E-state index contributed by atoms with van der Waals surface area (Å²) >= 11 is 3.12. The predicted molar refractivity (Wildman–Crippen MR) is 84.3 cm³/mol. The molecule has 0 aliphatic carbocycles. The van der Waals surface area contributed by atoms with Crippen molar-refractivity contribution in [3.05, 3.63) is 56.2 Å². The van der Waals surface area contributed by atoms with E-state index in [0.29, 0.717) is 10.2 Å². The van der Waals surface area contributed by atoms with E-state index in [-0.39, 0.29) is 24.3 Å². The minimum Gasteiger partial charge on any atom is -0.358 e. The molecule has 1 unspecified atom stereocenters. The van der Waals surface area contributed by atoms with E-state index in [2.05, 4.69) is 26.3 Å². The van der Waals surface area contributed by atoms with E-state index in [0.717, 1.165) is 5.56 Å². The van der Waals surface area contributed by atoms with Gasteiger partial charge in [-0.2, -0.15) is 4.68 Å². The Morgan fingerprint density at radius 2 is 2.09 bits per heavy atom. The van der Waals surface area contributed by atoms with Crippen LogP contribution in [0.3, 0.4) is 0 Å². The highest BCUT2D eigenvalue weighted by Gasteiger charge is 2.24. The summed E-state index contributed by atoms with van der Waals surface area (Å²) in [5, 5.41) is 17.5. The van der Waals surface area contributed by atoms with Crippen LogP contribution in [0.1, 0.15) is 24.2 Å². The lowest BCUT2D eigenvalue weighted by atomic mass is 10.1. The Labute approximate surface area is 135 Å². The topological polar surface area (TPSA) is 90.1 Å². The number of carbonyl (C=O) groups excluding carboxylic acids is 1. The summed E-state index contributed by atoms with van der Waals surface area (Å²) < 4.78 is 1.61. The zero-order valence-electron chi connectivity index (χ0n) is 12.1. The smallest absolute Gasteiger partial charge is 0.358 e. The van der Waals surface area contributed by atoms with Crippen molar-refractivity contribution in [2.45, 2.75) is 26.4 Å². The van der Waals surface area contributed by atoms with Gasteiger partial charge < -0.3 is 15.4 Å². The van der Waals surface area contributed by atoms with Crippen molar-refractivity contribution >= 4 is 27.7 Å². The molecule has 8 heteroatoms. The van der Waals surface area contributed by atoms with E-state index in [1.807, 2.05) is 37.3 Å². The van der Waals surface area contributed by atoms with Gasteiger partial charge in [0.05, 0.1) is 16.8 Å². The highest BCUT2D eigenvalue weighted by Crippen LogP contribution is 2.26. The first-order chi connectivity index (χ1) is 10.4. The van der Waals surface area contributed by atoms with Crippen LogP contribution in [0.2, 0.25) is 0 Å². The minimum absolute atomic E-state index is 0.0740. The molecule has 2 aromatic rings. The number of nitrogens with one attached hydrogen (secondary N) is 1. The number of halogens is 1. The van der Waals surface area contributed by atoms with Gasteiger partial charge in [0.25, 0.3) is 0 Å². The second-order valence-corrected chi connectivity index (χ2v) is 5.63. The molecule has 0 fully saturated rings. The molecule has 0 aliphatic heterocycles. The second kappa shape index (κ2) is 6.69. The molecule has 0 saturated heterocycles. The first-order valence-corrected chi connectivity index (χ1v) is 7.41. The van der Waals surface area contributed by atoms with Gasteiger partial charge in [0.15, 0.2) is 0 Å². The minimum atomic E-state index is -0.585. The highest BCUT2D eigenvalue weighted by molar-refractivity contribution is 9.10. The van der Waals surface area contributed by atoms with Gasteiger partial charge in [0.1, 0.15) is 11.0 Å². The fourth-order valence-electron chi connectivity index (χ4n) is 2.03. The van der Waals surface area contributed by atoms with Crippen molar-refractivity contribution in [2.75, 3.05) is 0 Å². The Kier molecular flexibility index (Phi) is 4.92. The molecule has 0 bridgehead atoms. The van der Waals surface area contributed by atoms with Gasteiger partial charge >= 0.3 is 5.82 Å². The number of aromatic nitrogens is 2. The van der Waals surface area contributed by atoms with Crippen LogP contribution in [0.15, 0.2) is 34.8 Å². The normalized spacial score (nSPS) is 12.0. The molecule has 1 aromatic carbocycles. The molecule has 0 aliphatic rings. The van der Waals surface area contributed by atoms with Crippen molar-refractivity contribution in [1.82, 2.24) is 15.1 Å².